The molecule has 26 heavy (non-hydrogen) atoms. The maximum absolute atomic E-state index is 13.0. The van der Waals surface area contributed by atoms with Crippen LogP contribution >= 0.6 is 0 Å². The molecule has 0 spiro atoms. The Morgan fingerprint density at radius 3 is 2.54 bits per heavy atom. The van der Waals surface area contributed by atoms with E-state index in [0.717, 1.165) is 5.56 Å². The van der Waals surface area contributed by atoms with Crippen LogP contribution in [-0.4, -0.2) is 35.0 Å². The minimum Gasteiger partial charge on any atom is -0.489 e. The van der Waals surface area contributed by atoms with Crippen LogP contribution < -0.4 is 10.1 Å². The van der Waals surface area contributed by atoms with Crippen LogP contribution in [0.25, 0.3) is 11.4 Å². The van der Waals surface area contributed by atoms with Gasteiger partial charge in [-0.25, -0.2) is 9.18 Å². The Bertz CT molecular complexity index is 763. The lowest BCUT2D eigenvalue weighted by atomic mass is 10.2. The van der Waals surface area contributed by atoms with Crippen LogP contribution in [0, 0.1) is 6.92 Å². The number of carbonyl (C=O) groups excluding carboxylic acids is 1. The van der Waals surface area contributed by atoms with Gasteiger partial charge in [0, 0.05) is 24.6 Å². The third kappa shape index (κ3) is 6.19. The number of halogens is 1. The van der Waals surface area contributed by atoms with Crippen LogP contribution in [0.2, 0.25) is 0 Å². The van der Waals surface area contributed by atoms with Crippen molar-refractivity contribution >= 4 is 6.09 Å². The van der Waals surface area contributed by atoms with Crippen molar-refractivity contribution < 1.29 is 23.2 Å². The quantitative estimate of drug-likeness (QED) is 0.840. The van der Waals surface area contributed by atoms with E-state index in [9.17, 15) is 9.18 Å². The summed E-state index contributed by atoms with van der Waals surface area (Å²) in [4.78, 5) is 15.7. The van der Waals surface area contributed by atoms with Crippen molar-refractivity contribution in [1.29, 1.82) is 0 Å². The zero-order chi connectivity index (χ0) is 19.2. The van der Waals surface area contributed by atoms with E-state index in [1.807, 2.05) is 0 Å². The van der Waals surface area contributed by atoms with Crippen LogP contribution in [0.3, 0.4) is 0 Å². The first kappa shape index (κ1) is 19.4. The van der Waals surface area contributed by atoms with Gasteiger partial charge in [0.1, 0.15) is 18.0 Å². The van der Waals surface area contributed by atoms with E-state index in [-0.39, 0.29) is 18.7 Å². The first-order valence-electron chi connectivity index (χ1n) is 8.05. The van der Waals surface area contributed by atoms with Gasteiger partial charge in [0.2, 0.25) is 11.7 Å². The second-order valence-corrected chi connectivity index (χ2v) is 6.57. The Hall–Kier alpha value is -2.90. The first-order valence-corrected chi connectivity index (χ1v) is 8.05. The molecule has 7 nitrogen and oxygen atoms in total. The molecule has 0 radical (unpaired) electrons. The number of aryl methyl sites for hydroxylation is 1. The summed E-state index contributed by atoms with van der Waals surface area (Å²) in [6, 6.07) is 6.99. The Morgan fingerprint density at radius 1 is 1.31 bits per heavy atom. The van der Waals surface area contributed by atoms with Gasteiger partial charge in [-0.1, -0.05) is 5.16 Å². The van der Waals surface area contributed by atoms with Crippen molar-refractivity contribution in [3.63, 3.8) is 0 Å². The molecule has 2 rings (SSSR count). The lowest BCUT2D eigenvalue weighted by Crippen LogP contribution is -2.34. The van der Waals surface area contributed by atoms with Crippen molar-refractivity contribution in [1.82, 2.24) is 15.5 Å². The van der Waals surface area contributed by atoms with E-state index < -0.39 is 11.7 Å². The van der Waals surface area contributed by atoms with Gasteiger partial charge in [-0.15, -0.1) is 0 Å². The number of hydrogen-bond donors (Lipinski definition) is 1. The number of nitrogens with zero attached hydrogens (tertiary/aromatic N) is 2. The molecule has 0 atom stereocenters. The molecule has 2 aromatic rings. The maximum Gasteiger partial charge on any atom is 0.407 e. The molecule has 0 aliphatic rings. The minimum atomic E-state index is -0.614. The van der Waals surface area contributed by atoms with Gasteiger partial charge in [-0.3, -0.25) is 0 Å². The monoisotopic (exact) mass is 363 g/mol. The average molecular weight is 363 g/mol. The van der Waals surface area contributed by atoms with Crippen LogP contribution in [0.4, 0.5) is 9.18 Å². The van der Waals surface area contributed by atoms with Crippen molar-refractivity contribution in [2.24, 2.45) is 0 Å². The number of amides is 1. The Balaban J connectivity index is 1.83. The van der Waals surface area contributed by atoms with E-state index in [1.165, 1.54) is 0 Å². The van der Waals surface area contributed by atoms with E-state index in [1.54, 1.807) is 52.0 Å². The summed E-state index contributed by atoms with van der Waals surface area (Å²) in [7, 11) is 0. The first-order chi connectivity index (χ1) is 12.3. The highest BCUT2D eigenvalue weighted by Crippen LogP contribution is 2.20. The summed E-state index contributed by atoms with van der Waals surface area (Å²) in [5.74, 6) is 1.51. The summed E-state index contributed by atoms with van der Waals surface area (Å²) in [5, 5.41) is 6.31. The molecule has 1 amide bonds. The minimum absolute atomic E-state index is 0.00698. The lowest BCUT2D eigenvalue weighted by molar-refractivity contribution is 0.0531. The molecule has 0 saturated heterocycles. The molecule has 1 heterocycles. The molecule has 0 aliphatic heterocycles. The van der Waals surface area contributed by atoms with Gasteiger partial charge in [0.05, 0.1) is 6.33 Å². The van der Waals surface area contributed by atoms with Crippen LogP contribution in [0.1, 0.15) is 26.7 Å². The Morgan fingerprint density at radius 2 is 2.00 bits per heavy atom. The maximum atomic E-state index is 13.0. The number of ether oxygens (including phenoxy) is 2. The number of rotatable bonds is 6. The third-order valence-corrected chi connectivity index (χ3v) is 3.08. The normalized spacial score (nSPS) is 12.0. The molecule has 8 heteroatoms. The van der Waals surface area contributed by atoms with Gasteiger partial charge in [0.15, 0.2) is 0 Å². The molecule has 0 saturated carbocycles. The molecule has 1 aromatic heterocycles. The molecule has 0 unspecified atom stereocenters. The topological polar surface area (TPSA) is 86.5 Å². The number of carbonyl (C=O) groups is 1. The van der Waals surface area contributed by atoms with Gasteiger partial charge in [-0.2, -0.15) is 4.98 Å². The summed E-state index contributed by atoms with van der Waals surface area (Å²) < 4.78 is 28.5. The standard InChI is InChI=1S/C18H22FN3O4/c1-12-21-16(22-26-12)14-5-7-15(8-6-14)24-11-13(9-19)10-20-17(23)25-18(2,3)4/h5-9H,10-11H2,1-4H3,(H,20,23)/b13-9+. The van der Waals surface area contributed by atoms with E-state index >= 15 is 0 Å². The Kier molecular flexibility index (Phi) is 6.32. The molecule has 1 N–H and O–H groups in total. The molecule has 0 bridgehead atoms. The highest BCUT2D eigenvalue weighted by Gasteiger charge is 2.16. The molecule has 0 aliphatic carbocycles. The molecule has 140 valence electrons. The fourth-order valence-corrected chi connectivity index (χ4v) is 1.91. The number of aromatic nitrogens is 2. The SMILES string of the molecule is Cc1nc(-c2ccc(OC/C(=C/F)CNC(=O)OC(C)(C)C)cc2)no1. The zero-order valence-corrected chi connectivity index (χ0v) is 15.2. The smallest absolute Gasteiger partial charge is 0.407 e. The highest BCUT2D eigenvalue weighted by atomic mass is 19.1. The molecular weight excluding hydrogens is 341 g/mol. The summed E-state index contributed by atoms with van der Waals surface area (Å²) in [5.41, 5.74) is 0.440. The average Bonchev–Trinajstić information content (AvgIpc) is 3.00. The summed E-state index contributed by atoms with van der Waals surface area (Å²) >= 11 is 0. The fraction of sp³-hybridized carbons (Fsp3) is 0.389. The van der Waals surface area contributed by atoms with Crippen LogP contribution in [-0.2, 0) is 4.74 Å². The Labute approximate surface area is 151 Å². The van der Waals surface area contributed by atoms with Crippen molar-refractivity contribution in [2.75, 3.05) is 13.2 Å². The van der Waals surface area contributed by atoms with Gasteiger partial charge in [0.25, 0.3) is 0 Å². The van der Waals surface area contributed by atoms with E-state index in [4.69, 9.17) is 14.0 Å². The molecule has 0 fully saturated rings. The third-order valence-electron chi connectivity index (χ3n) is 3.08. The summed E-state index contributed by atoms with van der Waals surface area (Å²) in [6.45, 7) is 6.95. The second-order valence-electron chi connectivity index (χ2n) is 6.57. The predicted molar refractivity (Wildman–Crippen MR) is 93.4 cm³/mol. The highest BCUT2D eigenvalue weighted by molar-refractivity contribution is 5.68. The van der Waals surface area contributed by atoms with Gasteiger partial charge >= 0.3 is 6.09 Å². The number of alkyl carbamates (subject to hydrolysis) is 1. The number of benzene rings is 1. The van der Waals surface area contributed by atoms with Crippen molar-refractivity contribution in [3.8, 4) is 17.1 Å². The largest absolute Gasteiger partial charge is 0.489 e. The van der Waals surface area contributed by atoms with Crippen LogP contribution in [0.5, 0.6) is 5.75 Å². The zero-order valence-electron chi connectivity index (χ0n) is 15.2. The predicted octanol–water partition coefficient (Wildman–Crippen LogP) is 3.80. The van der Waals surface area contributed by atoms with Gasteiger partial charge < -0.3 is 19.3 Å². The molecule has 1 aromatic carbocycles. The second kappa shape index (κ2) is 8.46. The van der Waals surface area contributed by atoms with E-state index in [2.05, 4.69) is 15.5 Å². The lowest BCUT2D eigenvalue weighted by Gasteiger charge is -2.20. The van der Waals surface area contributed by atoms with Crippen molar-refractivity contribution in [3.05, 3.63) is 42.1 Å². The van der Waals surface area contributed by atoms with E-state index in [0.29, 0.717) is 23.8 Å². The van der Waals surface area contributed by atoms with Crippen molar-refractivity contribution in [2.45, 2.75) is 33.3 Å². The number of nitrogens with one attached hydrogen (secondary N) is 1. The fourth-order valence-electron chi connectivity index (χ4n) is 1.91. The number of hydrogen-bond acceptors (Lipinski definition) is 6. The van der Waals surface area contributed by atoms with Gasteiger partial charge in [-0.05, 0) is 45.0 Å². The summed E-state index contributed by atoms with van der Waals surface area (Å²) in [6.07, 6.45) is -0.204. The molecular formula is C18H22FN3O4. The van der Waals surface area contributed by atoms with Crippen LogP contribution in [0.15, 0.2) is 40.7 Å².